The first-order valence-electron chi connectivity index (χ1n) is 15.8. The average Bonchev–Trinajstić information content (AvgIpc) is 3.44. The van der Waals surface area contributed by atoms with Crippen LogP contribution in [0.2, 0.25) is 0 Å². The molecular formula is C32H47F2N5O6. The highest BCUT2D eigenvalue weighted by Crippen LogP contribution is 2.40. The van der Waals surface area contributed by atoms with E-state index in [1.165, 1.54) is 19.1 Å². The van der Waals surface area contributed by atoms with Crippen LogP contribution in [0.5, 0.6) is 0 Å². The van der Waals surface area contributed by atoms with Crippen LogP contribution in [-0.4, -0.2) is 89.2 Å². The molecular weight excluding hydrogens is 588 g/mol. The van der Waals surface area contributed by atoms with Crippen molar-refractivity contribution >= 4 is 6.09 Å². The molecule has 1 saturated carbocycles. The van der Waals surface area contributed by atoms with Crippen molar-refractivity contribution in [3.63, 3.8) is 0 Å². The number of carbonyl (C=O) groups excluding carboxylic acids is 1. The van der Waals surface area contributed by atoms with Gasteiger partial charge >= 0.3 is 6.09 Å². The van der Waals surface area contributed by atoms with E-state index in [9.17, 15) is 13.6 Å². The number of aryl methyl sites for hydroxylation is 1. The van der Waals surface area contributed by atoms with Crippen molar-refractivity contribution in [3.8, 4) is 11.3 Å². The second-order valence-electron chi connectivity index (χ2n) is 13.9. The number of aromatic nitrogens is 3. The van der Waals surface area contributed by atoms with Crippen LogP contribution in [0.25, 0.3) is 11.3 Å². The Morgan fingerprint density at radius 2 is 1.89 bits per heavy atom. The van der Waals surface area contributed by atoms with Crippen molar-refractivity contribution in [1.29, 1.82) is 0 Å². The van der Waals surface area contributed by atoms with Gasteiger partial charge in [-0.25, -0.2) is 18.3 Å². The third-order valence-electron chi connectivity index (χ3n) is 8.80. The zero-order chi connectivity index (χ0) is 32.6. The molecule has 2 aromatic rings. The summed E-state index contributed by atoms with van der Waals surface area (Å²) in [5.74, 6) is -2.78. The van der Waals surface area contributed by atoms with Gasteiger partial charge in [0.1, 0.15) is 35.6 Å². The minimum atomic E-state index is -0.975. The first-order valence-corrected chi connectivity index (χ1v) is 15.8. The van der Waals surface area contributed by atoms with Crippen LogP contribution in [0, 0.1) is 18.6 Å². The summed E-state index contributed by atoms with van der Waals surface area (Å²) in [5.41, 5.74) is -0.629. The van der Waals surface area contributed by atoms with E-state index in [4.69, 9.17) is 23.7 Å². The highest BCUT2D eigenvalue weighted by molar-refractivity contribution is 5.69. The van der Waals surface area contributed by atoms with Gasteiger partial charge in [-0.15, -0.1) is 5.10 Å². The SMILES string of the molecule is CO[C@@H]1[C@@H](n2cc(-c3ccc(C)c(F)c3F)nn2)[C@H]2OC(C)(C)OC[C@H]2O[C@@H]1CNCC1(NC(=O)OC(C)(C)C)CCCCC1. The number of rotatable bonds is 8. The maximum Gasteiger partial charge on any atom is 0.408 e. The second kappa shape index (κ2) is 13.2. The van der Waals surface area contributed by atoms with Crippen molar-refractivity contribution < 1.29 is 37.3 Å². The summed E-state index contributed by atoms with van der Waals surface area (Å²) in [4.78, 5) is 12.8. The van der Waals surface area contributed by atoms with Gasteiger partial charge in [0.05, 0.1) is 24.4 Å². The number of benzene rings is 1. The third kappa shape index (κ3) is 7.65. The summed E-state index contributed by atoms with van der Waals surface area (Å²) in [6, 6.07) is 2.49. The summed E-state index contributed by atoms with van der Waals surface area (Å²) >= 11 is 0. The van der Waals surface area contributed by atoms with Crippen molar-refractivity contribution in [2.75, 3.05) is 26.8 Å². The molecule has 11 nitrogen and oxygen atoms in total. The highest BCUT2D eigenvalue weighted by Gasteiger charge is 2.53. The summed E-state index contributed by atoms with van der Waals surface area (Å²) in [6.07, 6.45) is 3.97. The summed E-state index contributed by atoms with van der Waals surface area (Å²) < 4.78 is 61.3. The number of alkyl carbamates (subject to hydrolysis) is 1. The molecule has 1 aromatic carbocycles. The van der Waals surface area contributed by atoms with Crippen LogP contribution in [0.1, 0.15) is 78.3 Å². The van der Waals surface area contributed by atoms with Gasteiger partial charge in [-0.1, -0.05) is 30.5 Å². The summed E-state index contributed by atoms with van der Waals surface area (Å²) in [5, 5.41) is 15.2. The molecule has 2 N–H and O–H groups in total. The number of halogens is 2. The van der Waals surface area contributed by atoms with Crippen LogP contribution in [0.3, 0.4) is 0 Å². The topological polar surface area (TPSA) is 118 Å². The van der Waals surface area contributed by atoms with E-state index in [-0.39, 0.29) is 23.4 Å². The van der Waals surface area contributed by atoms with Crippen LogP contribution in [0.4, 0.5) is 13.6 Å². The third-order valence-corrected chi connectivity index (χ3v) is 8.80. The van der Waals surface area contributed by atoms with Crippen LogP contribution in [-0.2, 0) is 23.7 Å². The number of nitrogens with one attached hydrogen (secondary N) is 2. The fraction of sp³-hybridized carbons (Fsp3) is 0.719. The fourth-order valence-corrected chi connectivity index (χ4v) is 6.63. The molecule has 2 aliphatic heterocycles. The molecule has 0 radical (unpaired) electrons. The zero-order valence-electron chi connectivity index (χ0n) is 27.3. The molecule has 5 rings (SSSR count). The molecule has 3 fully saturated rings. The van der Waals surface area contributed by atoms with Crippen molar-refractivity contribution in [3.05, 3.63) is 35.5 Å². The number of fused-ring (bicyclic) bond motifs is 1. The largest absolute Gasteiger partial charge is 0.444 e. The molecule has 45 heavy (non-hydrogen) atoms. The number of methoxy groups -OCH3 is 1. The smallest absolute Gasteiger partial charge is 0.408 e. The number of hydrogen-bond donors (Lipinski definition) is 2. The molecule has 3 heterocycles. The Labute approximate surface area is 263 Å². The number of ether oxygens (including phenoxy) is 5. The molecule has 13 heteroatoms. The molecule has 0 bridgehead atoms. The van der Waals surface area contributed by atoms with Gasteiger partial charge in [0, 0.05) is 25.8 Å². The lowest BCUT2D eigenvalue weighted by Crippen LogP contribution is -2.64. The fourth-order valence-electron chi connectivity index (χ4n) is 6.63. The molecule has 1 amide bonds. The lowest BCUT2D eigenvalue weighted by Gasteiger charge is -2.51. The normalized spacial score (nSPS) is 27.9. The Bertz CT molecular complexity index is 1340. The molecule has 250 valence electrons. The highest BCUT2D eigenvalue weighted by atomic mass is 19.2. The van der Waals surface area contributed by atoms with E-state index in [0.717, 1.165) is 32.1 Å². The maximum atomic E-state index is 14.9. The minimum absolute atomic E-state index is 0.0173. The van der Waals surface area contributed by atoms with Gasteiger partial charge < -0.3 is 34.3 Å². The lowest BCUT2D eigenvalue weighted by atomic mass is 9.81. The lowest BCUT2D eigenvalue weighted by molar-refractivity contribution is -0.349. The Morgan fingerprint density at radius 3 is 2.58 bits per heavy atom. The van der Waals surface area contributed by atoms with E-state index in [2.05, 4.69) is 20.9 Å². The van der Waals surface area contributed by atoms with Crippen LogP contribution >= 0.6 is 0 Å². The molecule has 1 aliphatic carbocycles. The van der Waals surface area contributed by atoms with Crippen molar-refractivity contribution in [2.45, 2.75) is 121 Å². The molecule has 1 aromatic heterocycles. The first-order chi connectivity index (χ1) is 21.2. The van der Waals surface area contributed by atoms with E-state index in [1.54, 1.807) is 18.0 Å². The standard InChI is InChI=1S/C32H47F2N5O6/c1-19-11-12-20(25(34)24(19)33)21-16-39(38-37-21)26-27(41-7)22(43-23-17-42-31(5,6)44-28(23)26)15-35-18-32(13-9-8-10-14-32)36-29(40)45-30(2,3)4/h11-12,16,22-23,26-28,35H,8-10,13-15,17-18H2,1-7H3,(H,36,40)/t22-,23-,26-,27+,28+/m1/s1. The summed E-state index contributed by atoms with van der Waals surface area (Å²) in [6.45, 7) is 11.9. The average molecular weight is 636 g/mol. The summed E-state index contributed by atoms with van der Waals surface area (Å²) in [7, 11) is 1.60. The van der Waals surface area contributed by atoms with E-state index in [1.807, 2.05) is 34.6 Å². The van der Waals surface area contributed by atoms with E-state index in [0.29, 0.717) is 13.1 Å². The zero-order valence-corrected chi connectivity index (χ0v) is 27.3. The predicted molar refractivity (Wildman–Crippen MR) is 162 cm³/mol. The Morgan fingerprint density at radius 1 is 1.16 bits per heavy atom. The molecule has 3 aliphatic rings. The Hall–Kier alpha value is -2.71. The Balaban J connectivity index is 1.37. The number of carbonyl (C=O) groups is 1. The van der Waals surface area contributed by atoms with Crippen LogP contribution in [0.15, 0.2) is 18.3 Å². The van der Waals surface area contributed by atoms with Gasteiger partial charge in [0.15, 0.2) is 17.4 Å². The molecule has 0 spiro atoms. The quantitative estimate of drug-likeness (QED) is 0.421. The molecule has 5 atom stereocenters. The van der Waals surface area contributed by atoms with Gasteiger partial charge in [0.25, 0.3) is 0 Å². The Kier molecular flexibility index (Phi) is 9.86. The molecule has 2 saturated heterocycles. The van der Waals surface area contributed by atoms with Crippen molar-refractivity contribution in [1.82, 2.24) is 25.6 Å². The van der Waals surface area contributed by atoms with Crippen LogP contribution < -0.4 is 10.6 Å². The van der Waals surface area contributed by atoms with Crippen molar-refractivity contribution in [2.24, 2.45) is 0 Å². The van der Waals surface area contributed by atoms with Gasteiger partial charge in [-0.3, -0.25) is 0 Å². The van der Waals surface area contributed by atoms with Gasteiger partial charge in [-0.2, -0.15) is 0 Å². The monoisotopic (exact) mass is 635 g/mol. The minimum Gasteiger partial charge on any atom is -0.444 e. The predicted octanol–water partition coefficient (Wildman–Crippen LogP) is 4.82. The maximum absolute atomic E-state index is 14.9. The number of hydrogen-bond acceptors (Lipinski definition) is 9. The molecule has 0 unspecified atom stereocenters. The van der Waals surface area contributed by atoms with E-state index >= 15 is 0 Å². The van der Waals surface area contributed by atoms with E-state index < -0.39 is 65.1 Å². The second-order valence-corrected chi connectivity index (χ2v) is 13.9. The number of amides is 1. The first kappa shape index (κ1) is 33.6. The van der Waals surface area contributed by atoms with Gasteiger partial charge in [0.2, 0.25) is 0 Å². The van der Waals surface area contributed by atoms with Gasteiger partial charge in [-0.05, 0) is 66.0 Å². The number of nitrogens with zero attached hydrogens (tertiary/aromatic N) is 3.